The minimum Gasteiger partial charge on any atom is -0.465 e. The van der Waals surface area contributed by atoms with E-state index in [-0.39, 0.29) is 28.3 Å². The Bertz CT molecular complexity index is 904. The number of rotatable bonds is 4. The number of halogens is 1. The van der Waals surface area contributed by atoms with Gasteiger partial charge in [0.15, 0.2) is 0 Å². The number of nitrogens with one attached hydrogen (secondary N) is 1. The summed E-state index contributed by atoms with van der Waals surface area (Å²) < 4.78 is 5.75. The normalized spacial score (nSPS) is 49.6. The molecule has 5 rings (SSSR count). The van der Waals surface area contributed by atoms with Crippen LogP contribution in [0.3, 0.4) is 0 Å². The Kier molecular flexibility index (Phi) is 6.84. The zero-order chi connectivity index (χ0) is 26.1. The van der Waals surface area contributed by atoms with Crippen LogP contribution in [0.5, 0.6) is 0 Å². The molecule has 9 atom stereocenters. The van der Waals surface area contributed by atoms with E-state index in [4.69, 9.17) is 4.74 Å². The van der Waals surface area contributed by atoms with Crippen molar-refractivity contribution in [2.45, 2.75) is 111 Å². The summed E-state index contributed by atoms with van der Waals surface area (Å²) in [5.74, 6) is 2.62. The number of esters is 1. The maximum absolute atomic E-state index is 13.3. The molecule has 5 fully saturated rings. The Morgan fingerprint density at radius 3 is 2.33 bits per heavy atom. The van der Waals surface area contributed by atoms with Crippen LogP contribution in [0, 0.1) is 51.2 Å². The summed E-state index contributed by atoms with van der Waals surface area (Å²) in [5, 5.41) is 4.37. The number of hydrogen-bond acceptors (Lipinski definition) is 4. The first-order chi connectivity index (χ1) is 16.8. The van der Waals surface area contributed by atoms with E-state index in [9.17, 15) is 9.59 Å². The molecule has 0 spiro atoms. The standard InChI is InChI=1S/C31H50BrNO3/c1-20(34)36-19-31-14-10-21(23(35)18-32)26(31)22-8-9-25-28(4)12-7-17-33-27(2,3)24(28)11-13-30(25,6)29(22,5)15-16-31/h21-22,24-26,33H,7-19H2,1-6H3/t21-,22+,24-,25+,26+,28-,29+,30+,31+/m0/s1. The number of ketones is 1. The molecule has 1 aliphatic heterocycles. The maximum Gasteiger partial charge on any atom is 0.302 e. The molecule has 1 N–H and O–H groups in total. The maximum atomic E-state index is 13.3. The summed E-state index contributed by atoms with van der Waals surface area (Å²) in [6.07, 6.45) is 12.0. The molecule has 4 aliphatic carbocycles. The van der Waals surface area contributed by atoms with Crippen LogP contribution < -0.4 is 5.32 Å². The zero-order valence-electron chi connectivity index (χ0n) is 23.7. The van der Waals surface area contributed by atoms with Crippen LogP contribution in [0.1, 0.15) is 106 Å². The van der Waals surface area contributed by atoms with Gasteiger partial charge in [0, 0.05) is 23.8 Å². The average Bonchev–Trinajstić information content (AvgIpc) is 3.15. The summed E-state index contributed by atoms with van der Waals surface area (Å²) in [5.41, 5.74) is 1.06. The quantitative estimate of drug-likeness (QED) is 0.297. The van der Waals surface area contributed by atoms with Gasteiger partial charge in [-0.15, -0.1) is 0 Å². The van der Waals surface area contributed by atoms with Gasteiger partial charge in [-0.1, -0.05) is 36.7 Å². The van der Waals surface area contributed by atoms with Gasteiger partial charge in [0.1, 0.15) is 5.78 Å². The molecule has 1 heterocycles. The molecule has 0 bridgehead atoms. The van der Waals surface area contributed by atoms with E-state index in [2.05, 4.69) is 55.9 Å². The van der Waals surface area contributed by atoms with Gasteiger partial charge in [-0.25, -0.2) is 0 Å². The van der Waals surface area contributed by atoms with Crippen molar-refractivity contribution in [1.82, 2.24) is 5.32 Å². The molecule has 4 nitrogen and oxygen atoms in total. The fourth-order valence-electron chi connectivity index (χ4n) is 11.6. The number of alkyl halides is 1. The highest BCUT2D eigenvalue weighted by atomic mass is 79.9. The Morgan fingerprint density at radius 1 is 0.889 bits per heavy atom. The van der Waals surface area contributed by atoms with Gasteiger partial charge in [0.25, 0.3) is 0 Å². The number of fused-ring (bicyclic) bond motifs is 7. The number of hydrogen-bond donors (Lipinski definition) is 1. The Hall–Kier alpha value is -0.420. The lowest BCUT2D eigenvalue weighted by Gasteiger charge is -2.71. The van der Waals surface area contributed by atoms with E-state index in [1.54, 1.807) is 0 Å². The van der Waals surface area contributed by atoms with Crippen molar-refractivity contribution < 1.29 is 14.3 Å². The van der Waals surface area contributed by atoms with Crippen molar-refractivity contribution in [2.24, 2.45) is 51.2 Å². The highest BCUT2D eigenvalue weighted by Gasteiger charge is 2.70. The topological polar surface area (TPSA) is 55.4 Å². The van der Waals surface area contributed by atoms with Crippen molar-refractivity contribution >= 4 is 27.7 Å². The smallest absolute Gasteiger partial charge is 0.302 e. The van der Waals surface area contributed by atoms with Gasteiger partial charge in [0.2, 0.25) is 0 Å². The lowest BCUT2D eigenvalue weighted by molar-refractivity contribution is -0.228. The van der Waals surface area contributed by atoms with Gasteiger partial charge in [0.05, 0.1) is 11.9 Å². The summed E-state index contributed by atoms with van der Waals surface area (Å²) in [4.78, 5) is 25.2. The molecular weight excluding hydrogens is 514 g/mol. The van der Waals surface area contributed by atoms with Gasteiger partial charge in [-0.05, 0) is 125 Å². The second-order valence-corrected chi connectivity index (χ2v) is 15.4. The second kappa shape index (κ2) is 9.07. The third-order valence-electron chi connectivity index (χ3n) is 13.3. The van der Waals surface area contributed by atoms with Gasteiger partial charge in [-0.3, -0.25) is 9.59 Å². The van der Waals surface area contributed by atoms with Crippen molar-refractivity contribution in [3.8, 4) is 0 Å². The number of carbonyl (C=O) groups is 2. The number of Topliss-reactive ketones (excluding diaryl/α,β-unsaturated/α-hetero) is 1. The van der Waals surface area contributed by atoms with Crippen LogP contribution in [0.15, 0.2) is 0 Å². The highest BCUT2D eigenvalue weighted by Crippen LogP contribution is 2.76. The Labute approximate surface area is 228 Å². The predicted octanol–water partition coefficient (Wildman–Crippen LogP) is 6.94. The molecule has 204 valence electrons. The zero-order valence-corrected chi connectivity index (χ0v) is 25.3. The van der Waals surface area contributed by atoms with Crippen LogP contribution in [0.2, 0.25) is 0 Å². The number of ether oxygens (including phenoxy) is 1. The molecule has 0 amide bonds. The molecule has 0 aromatic carbocycles. The van der Waals surface area contributed by atoms with Crippen LogP contribution >= 0.6 is 15.9 Å². The molecule has 0 aromatic rings. The number of carbonyl (C=O) groups excluding carboxylic acids is 2. The Morgan fingerprint density at radius 2 is 1.64 bits per heavy atom. The fourth-order valence-corrected chi connectivity index (χ4v) is 12.0. The molecule has 0 unspecified atom stereocenters. The van der Waals surface area contributed by atoms with E-state index in [1.165, 1.54) is 51.9 Å². The average molecular weight is 565 g/mol. The van der Waals surface area contributed by atoms with Gasteiger partial charge in [-0.2, -0.15) is 0 Å². The molecule has 4 saturated carbocycles. The molecule has 0 radical (unpaired) electrons. The minimum absolute atomic E-state index is 0.0170. The van der Waals surface area contributed by atoms with Crippen molar-refractivity contribution in [2.75, 3.05) is 18.5 Å². The van der Waals surface area contributed by atoms with Crippen LogP contribution in [-0.4, -0.2) is 35.8 Å². The van der Waals surface area contributed by atoms with E-state index in [0.29, 0.717) is 46.3 Å². The Balaban J connectivity index is 1.54. The van der Waals surface area contributed by atoms with Crippen LogP contribution in [0.4, 0.5) is 0 Å². The van der Waals surface area contributed by atoms with Crippen LogP contribution in [0.25, 0.3) is 0 Å². The largest absolute Gasteiger partial charge is 0.465 e. The summed E-state index contributed by atoms with van der Waals surface area (Å²) >= 11 is 3.51. The third kappa shape index (κ3) is 3.74. The van der Waals surface area contributed by atoms with E-state index < -0.39 is 0 Å². The highest BCUT2D eigenvalue weighted by molar-refractivity contribution is 9.09. The lowest BCUT2D eigenvalue weighted by Crippen LogP contribution is -2.66. The van der Waals surface area contributed by atoms with E-state index in [1.807, 2.05) is 0 Å². The molecule has 1 saturated heterocycles. The molecule has 0 aromatic heterocycles. The molecule has 5 aliphatic rings. The minimum atomic E-state index is -0.182. The summed E-state index contributed by atoms with van der Waals surface area (Å²) in [6, 6.07) is 0. The van der Waals surface area contributed by atoms with Crippen molar-refractivity contribution in [1.29, 1.82) is 0 Å². The monoisotopic (exact) mass is 563 g/mol. The van der Waals surface area contributed by atoms with Gasteiger partial charge < -0.3 is 10.1 Å². The first-order valence-electron chi connectivity index (χ1n) is 14.8. The fraction of sp³-hybridized carbons (Fsp3) is 0.935. The van der Waals surface area contributed by atoms with E-state index in [0.717, 1.165) is 31.7 Å². The first kappa shape index (κ1) is 27.2. The third-order valence-corrected chi connectivity index (χ3v) is 13.9. The van der Waals surface area contributed by atoms with Crippen molar-refractivity contribution in [3.63, 3.8) is 0 Å². The first-order valence-corrected chi connectivity index (χ1v) is 15.9. The molecular formula is C31H50BrNO3. The second-order valence-electron chi connectivity index (χ2n) is 14.8. The SMILES string of the molecule is CC(=O)OC[C@]12CC[C@@H](C(=O)CBr)[C@@H]1[C@H]1CC[C@@H]3[C@@]4(C)CCCNC(C)(C)[C@@H]4CC[C@@]3(C)[C@]1(C)CC2. The van der Waals surface area contributed by atoms with Crippen molar-refractivity contribution in [3.05, 3.63) is 0 Å². The van der Waals surface area contributed by atoms with Gasteiger partial charge >= 0.3 is 5.97 Å². The predicted molar refractivity (Wildman–Crippen MR) is 148 cm³/mol. The summed E-state index contributed by atoms with van der Waals surface area (Å²) in [7, 11) is 0. The van der Waals surface area contributed by atoms with Crippen LogP contribution in [-0.2, 0) is 14.3 Å². The molecule has 5 heteroatoms. The summed E-state index contributed by atoms with van der Waals surface area (Å²) in [6.45, 7) is 16.0. The lowest BCUT2D eigenvalue weighted by atomic mass is 9.33. The molecule has 36 heavy (non-hydrogen) atoms. The van der Waals surface area contributed by atoms with E-state index >= 15 is 0 Å².